The summed E-state index contributed by atoms with van der Waals surface area (Å²) >= 11 is 4.97. The quantitative estimate of drug-likeness (QED) is 0.428. The van der Waals surface area contributed by atoms with Crippen LogP contribution in [-0.2, 0) is 4.79 Å². The molecule has 0 aliphatic carbocycles. The first-order chi connectivity index (χ1) is 11.7. The molecule has 6 heteroatoms. The first kappa shape index (κ1) is 17.5. The van der Waals surface area contributed by atoms with E-state index in [0.717, 1.165) is 11.1 Å². The van der Waals surface area contributed by atoms with E-state index in [1.807, 2.05) is 54.6 Å². The molecule has 24 heavy (non-hydrogen) atoms. The lowest BCUT2D eigenvalue weighted by molar-refractivity contribution is -0.123. The number of ether oxygens (including phenoxy) is 1. The van der Waals surface area contributed by atoms with E-state index < -0.39 is 0 Å². The van der Waals surface area contributed by atoms with Crippen molar-refractivity contribution in [2.75, 3.05) is 13.2 Å². The fourth-order valence-corrected chi connectivity index (χ4v) is 2.10. The molecule has 124 valence electrons. The van der Waals surface area contributed by atoms with Crippen molar-refractivity contribution >= 4 is 23.2 Å². The number of para-hydroxylation sites is 1. The molecule has 3 N–H and O–H groups in total. The maximum atomic E-state index is 11.8. The summed E-state index contributed by atoms with van der Waals surface area (Å²) in [7, 11) is 0. The van der Waals surface area contributed by atoms with Crippen LogP contribution in [0.2, 0.25) is 0 Å². The first-order valence-corrected chi connectivity index (χ1v) is 7.82. The largest absolute Gasteiger partial charge is 0.483 e. The maximum absolute atomic E-state index is 11.8. The zero-order valence-electron chi connectivity index (χ0n) is 13.1. The highest BCUT2D eigenvalue weighted by Gasteiger charge is 2.08. The molecule has 0 aliphatic heterocycles. The van der Waals surface area contributed by atoms with Crippen molar-refractivity contribution in [1.82, 2.24) is 16.2 Å². The van der Waals surface area contributed by atoms with Gasteiger partial charge in [0.05, 0.1) is 0 Å². The fraction of sp³-hybridized carbons (Fsp3) is 0.111. The first-order valence-electron chi connectivity index (χ1n) is 7.41. The Balaban J connectivity index is 1.89. The monoisotopic (exact) mass is 341 g/mol. The Labute approximate surface area is 146 Å². The highest BCUT2D eigenvalue weighted by molar-refractivity contribution is 7.80. The van der Waals surface area contributed by atoms with E-state index in [1.165, 1.54) is 0 Å². The van der Waals surface area contributed by atoms with Gasteiger partial charge in [-0.25, -0.2) is 0 Å². The molecular formula is C18H19N3O2S. The molecule has 0 fully saturated rings. The second kappa shape index (κ2) is 9.32. The Kier molecular flexibility index (Phi) is 6.79. The minimum Gasteiger partial charge on any atom is -0.483 e. The number of thiocarbonyl (C=S) groups is 1. The number of hydrogen-bond donors (Lipinski definition) is 3. The molecule has 2 aromatic rings. The number of rotatable bonds is 6. The minimum absolute atomic E-state index is 0.124. The molecule has 0 saturated carbocycles. The number of hydrazine groups is 1. The maximum Gasteiger partial charge on any atom is 0.276 e. The van der Waals surface area contributed by atoms with Crippen molar-refractivity contribution in [3.05, 3.63) is 67.3 Å². The van der Waals surface area contributed by atoms with Gasteiger partial charge in [-0.05, 0) is 23.8 Å². The number of benzene rings is 2. The second-order valence-corrected chi connectivity index (χ2v) is 5.23. The molecule has 0 radical (unpaired) electrons. The van der Waals surface area contributed by atoms with Crippen molar-refractivity contribution < 1.29 is 9.53 Å². The Morgan fingerprint density at radius 3 is 2.54 bits per heavy atom. The molecule has 0 atom stereocenters. The van der Waals surface area contributed by atoms with Gasteiger partial charge in [-0.2, -0.15) is 0 Å². The average molecular weight is 341 g/mol. The molecule has 0 bridgehead atoms. The van der Waals surface area contributed by atoms with Crippen LogP contribution in [0.3, 0.4) is 0 Å². The molecule has 0 heterocycles. The molecule has 1 amide bonds. The van der Waals surface area contributed by atoms with Gasteiger partial charge in [-0.15, -0.1) is 6.58 Å². The van der Waals surface area contributed by atoms with Gasteiger partial charge < -0.3 is 10.1 Å². The minimum atomic E-state index is -0.333. The SMILES string of the molecule is C=CCNC(=S)NNC(=O)COc1ccccc1-c1ccccc1. The van der Waals surface area contributed by atoms with Gasteiger partial charge in [0.1, 0.15) is 5.75 Å². The number of carbonyl (C=O) groups excluding carboxylic acids is 1. The normalized spacial score (nSPS) is 9.67. The predicted molar refractivity (Wildman–Crippen MR) is 99.4 cm³/mol. The van der Waals surface area contributed by atoms with Crippen LogP contribution in [0.1, 0.15) is 0 Å². The summed E-state index contributed by atoms with van der Waals surface area (Å²) in [6.45, 7) is 3.96. The highest BCUT2D eigenvalue weighted by Crippen LogP contribution is 2.29. The Hall–Kier alpha value is -2.86. The van der Waals surface area contributed by atoms with E-state index in [2.05, 4.69) is 22.7 Å². The van der Waals surface area contributed by atoms with Crippen LogP contribution >= 0.6 is 12.2 Å². The molecule has 5 nitrogen and oxygen atoms in total. The lowest BCUT2D eigenvalue weighted by Crippen LogP contribution is -2.48. The number of amides is 1. The molecule has 0 aliphatic rings. The molecule has 0 saturated heterocycles. The van der Waals surface area contributed by atoms with Crippen LogP contribution in [0.15, 0.2) is 67.3 Å². The summed E-state index contributed by atoms with van der Waals surface area (Å²) in [6.07, 6.45) is 1.67. The second-order valence-electron chi connectivity index (χ2n) is 4.82. The van der Waals surface area contributed by atoms with Crippen molar-refractivity contribution in [1.29, 1.82) is 0 Å². The Morgan fingerprint density at radius 2 is 1.79 bits per heavy atom. The number of nitrogens with one attached hydrogen (secondary N) is 3. The standard InChI is InChI=1S/C18H19N3O2S/c1-2-12-19-18(24)21-20-17(22)13-23-16-11-7-6-10-15(16)14-8-4-3-5-9-14/h2-11H,1,12-13H2,(H,20,22)(H2,19,21,24). The van der Waals surface area contributed by atoms with E-state index in [-0.39, 0.29) is 12.5 Å². The third-order valence-electron chi connectivity index (χ3n) is 3.05. The molecule has 0 aromatic heterocycles. The van der Waals surface area contributed by atoms with Crippen LogP contribution in [0.5, 0.6) is 5.75 Å². The van der Waals surface area contributed by atoms with Crippen molar-refractivity contribution in [3.63, 3.8) is 0 Å². The van der Waals surface area contributed by atoms with E-state index in [4.69, 9.17) is 17.0 Å². The van der Waals surface area contributed by atoms with Gasteiger partial charge in [0.2, 0.25) is 0 Å². The topological polar surface area (TPSA) is 62.4 Å². The van der Waals surface area contributed by atoms with Crippen molar-refractivity contribution in [2.24, 2.45) is 0 Å². The predicted octanol–water partition coefficient (Wildman–Crippen LogP) is 2.41. The third kappa shape index (κ3) is 5.40. The molecule has 0 spiro atoms. The number of carbonyl (C=O) groups is 1. The zero-order valence-corrected chi connectivity index (χ0v) is 13.9. The molecule has 0 unspecified atom stereocenters. The lowest BCUT2D eigenvalue weighted by Gasteiger charge is -2.13. The summed E-state index contributed by atoms with van der Waals surface area (Å²) in [5.74, 6) is 0.312. The smallest absolute Gasteiger partial charge is 0.276 e. The van der Waals surface area contributed by atoms with Gasteiger partial charge in [0, 0.05) is 12.1 Å². The van der Waals surface area contributed by atoms with E-state index >= 15 is 0 Å². The molecule has 2 rings (SSSR count). The summed E-state index contributed by atoms with van der Waals surface area (Å²) in [5, 5.41) is 3.15. The van der Waals surface area contributed by atoms with Crippen molar-refractivity contribution in [2.45, 2.75) is 0 Å². The average Bonchev–Trinajstić information content (AvgIpc) is 2.64. The summed E-state index contributed by atoms with van der Waals surface area (Å²) in [5.41, 5.74) is 7.02. The molecular weight excluding hydrogens is 322 g/mol. The van der Waals surface area contributed by atoms with Gasteiger partial charge >= 0.3 is 0 Å². The van der Waals surface area contributed by atoms with Gasteiger partial charge in [-0.1, -0.05) is 54.6 Å². The van der Waals surface area contributed by atoms with E-state index in [0.29, 0.717) is 17.4 Å². The van der Waals surface area contributed by atoms with Crippen LogP contribution in [-0.4, -0.2) is 24.2 Å². The van der Waals surface area contributed by atoms with E-state index in [1.54, 1.807) is 6.08 Å². The molecule has 2 aromatic carbocycles. The highest BCUT2D eigenvalue weighted by atomic mass is 32.1. The lowest BCUT2D eigenvalue weighted by atomic mass is 10.1. The van der Waals surface area contributed by atoms with Gasteiger partial charge in [0.15, 0.2) is 11.7 Å². The van der Waals surface area contributed by atoms with E-state index in [9.17, 15) is 4.79 Å². The van der Waals surface area contributed by atoms with Crippen LogP contribution < -0.4 is 20.9 Å². The fourth-order valence-electron chi connectivity index (χ4n) is 1.96. The van der Waals surface area contributed by atoms with Gasteiger partial charge in [0.25, 0.3) is 5.91 Å². The Bertz CT molecular complexity index is 704. The van der Waals surface area contributed by atoms with Crippen LogP contribution in [0, 0.1) is 0 Å². The van der Waals surface area contributed by atoms with Crippen LogP contribution in [0.25, 0.3) is 11.1 Å². The number of hydrogen-bond acceptors (Lipinski definition) is 3. The van der Waals surface area contributed by atoms with Crippen LogP contribution in [0.4, 0.5) is 0 Å². The van der Waals surface area contributed by atoms with Crippen molar-refractivity contribution in [3.8, 4) is 16.9 Å². The third-order valence-corrected chi connectivity index (χ3v) is 3.30. The Morgan fingerprint density at radius 1 is 1.08 bits per heavy atom. The summed E-state index contributed by atoms with van der Waals surface area (Å²) in [6, 6.07) is 17.4. The summed E-state index contributed by atoms with van der Waals surface area (Å²) < 4.78 is 5.63. The zero-order chi connectivity index (χ0) is 17.2. The van der Waals surface area contributed by atoms with Gasteiger partial charge in [-0.3, -0.25) is 15.6 Å². The summed E-state index contributed by atoms with van der Waals surface area (Å²) in [4.78, 5) is 11.8.